The van der Waals surface area contributed by atoms with Crippen molar-refractivity contribution in [2.45, 2.75) is 46.1 Å². The van der Waals surface area contributed by atoms with E-state index in [-0.39, 0.29) is 6.61 Å². The molecule has 2 unspecified atom stereocenters. The molecule has 1 saturated heterocycles. The highest BCUT2D eigenvalue weighted by Gasteiger charge is 2.29. The minimum absolute atomic E-state index is 0.261. The minimum Gasteiger partial charge on any atom is -0.396 e. The van der Waals surface area contributed by atoms with E-state index < -0.39 is 0 Å². The first-order valence-corrected chi connectivity index (χ1v) is 9.67. The molecule has 24 heavy (non-hydrogen) atoms. The van der Waals surface area contributed by atoms with E-state index in [2.05, 4.69) is 48.0 Å². The van der Waals surface area contributed by atoms with Crippen molar-refractivity contribution < 1.29 is 5.11 Å². The summed E-state index contributed by atoms with van der Waals surface area (Å²) in [6.07, 6.45) is 7.74. The summed E-state index contributed by atoms with van der Waals surface area (Å²) >= 11 is 0. The van der Waals surface area contributed by atoms with Crippen LogP contribution in [0, 0.1) is 11.8 Å². The molecule has 1 fully saturated rings. The monoisotopic (exact) mass is 336 g/mol. The lowest BCUT2D eigenvalue weighted by Crippen LogP contribution is -2.43. The Kier molecular flexibility index (Phi) is 8.06. The number of guanidine groups is 1. The molecule has 2 N–H and O–H groups in total. The topological polar surface area (TPSA) is 51.1 Å². The van der Waals surface area contributed by atoms with Gasteiger partial charge in [0.2, 0.25) is 0 Å². The van der Waals surface area contributed by atoms with E-state index in [9.17, 15) is 5.11 Å². The highest BCUT2D eigenvalue weighted by atomic mass is 16.3. The third kappa shape index (κ3) is 5.78. The average Bonchev–Trinajstić information content (AvgIpc) is 3.21. The van der Waals surface area contributed by atoms with Crippen LogP contribution in [-0.4, -0.2) is 72.8 Å². The van der Waals surface area contributed by atoms with E-state index in [1.54, 1.807) is 0 Å². The lowest BCUT2D eigenvalue weighted by molar-refractivity contribution is 0.245. The van der Waals surface area contributed by atoms with Gasteiger partial charge in [-0.3, -0.25) is 9.89 Å². The molecule has 0 spiro atoms. The third-order valence-corrected chi connectivity index (χ3v) is 5.00. The van der Waals surface area contributed by atoms with Crippen LogP contribution in [0.25, 0.3) is 0 Å². The van der Waals surface area contributed by atoms with E-state index >= 15 is 0 Å². The van der Waals surface area contributed by atoms with Crippen molar-refractivity contribution in [3.8, 4) is 0 Å². The van der Waals surface area contributed by atoms with Crippen LogP contribution in [0.1, 0.15) is 40.0 Å². The molecule has 0 aromatic rings. The lowest BCUT2D eigenvalue weighted by atomic mass is 9.94. The smallest absolute Gasteiger partial charge is 0.193 e. The van der Waals surface area contributed by atoms with E-state index in [1.165, 1.54) is 6.42 Å². The first kappa shape index (κ1) is 19.3. The second kappa shape index (κ2) is 10.0. The second-order valence-electron chi connectivity index (χ2n) is 7.52. The number of aliphatic hydroxyl groups excluding tert-OH is 1. The van der Waals surface area contributed by atoms with Gasteiger partial charge in [0, 0.05) is 51.9 Å². The molecule has 0 aliphatic carbocycles. The molecule has 5 heteroatoms. The summed E-state index contributed by atoms with van der Waals surface area (Å²) < 4.78 is 0. The molecule has 2 rings (SSSR count). The Morgan fingerprint density at radius 3 is 2.71 bits per heavy atom. The normalized spacial score (nSPS) is 23.5. The Hall–Kier alpha value is -1.07. The molecule has 138 valence electrons. The summed E-state index contributed by atoms with van der Waals surface area (Å²) in [5.41, 5.74) is 0. The SMILES string of the molecule is CCNC(=NCC(CCO)CC(C)C)N1CCC(N2CC=CC2)C1. The number of likely N-dealkylation sites (tertiary alicyclic amines) is 1. The van der Waals surface area contributed by atoms with Gasteiger partial charge in [0.15, 0.2) is 5.96 Å². The van der Waals surface area contributed by atoms with Crippen LogP contribution in [0.4, 0.5) is 0 Å². The van der Waals surface area contributed by atoms with Crippen LogP contribution in [-0.2, 0) is 0 Å². The second-order valence-corrected chi connectivity index (χ2v) is 7.52. The predicted molar refractivity (Wildman–Crippen MR) is 101 cm³/mol. The average molecular weight is 337 g/mol. The summed E-state index contributed by atoms with van der Waals surface area (Å²) in [7, 11) is 0. The van der Waals surface area contributed by atoms with Crippen molar-refractivity contribution in [1.82, 2.24) is 15.1 Å². The molecule has 2 heterocycles. The fraction of sp³-hybridized carbons (Fsp3) is 0.842. The summed E-state index contributed by atoms with van der Waals surface area (Å²) in [6, 6.07) is 0.646. The molecule has 2 aliphatic heterocycles. The van der Waals surface area contributed by atoms with Crippen molar-refractivity contribution in [2.24, 2.45) is 16.8 Å². The maximum atomic E-state index is 9.30. The number of hydrogen-bond donors (Lipinski definition) is 2. The Morgan fingerprint density at radius 1 is 1.33 bits per heavy atom. The summed E-state index contributed by atoms with van der Waals surface area (Å²) in [4.78, 5) is 9.88. The number of nitrogens with one attached hydrogen (secondary N) is 1. The standard InChI is InChI=1S/C19H36N4O/c1-4-20-19(21-14-17(8-12-24)13-16(2)3)23-11-7-18(15-23)22-9-5-6-10-22/h5-6,16-18,24H,4,7-15H2,1-3H3,(H,20,21). The van der Waals surface area contributed by atoms with Crippen molar-refractivity contribution in [3.63, 3.8) is 0 Å². The van der Waals surface area contributed by atoms with Gasteiger partial charge in [-0.25, -0.2) is 0 Å². The minimum atomic E-state index is 0.261. The van der Waals surface area contributed by atoms with Crippen LogP contribution in [0.2, 0.25) is 0 Å². The highest BCUT2D eigenvalue weighted by molar-refractivity contribution is 5.80. The largest absolute Gasteiger partial charge is 0.396 e. The molecule has 2 aliphatic rings. The maximum absolute atomic E-state index is 9.30. The van der Waals surface area contributed by atoms with Gasteiger partial charge in [0.05, 0.1) is 0 Å². The number of aliphatic imine (C=N–C) groups is 1. The summed E-state index contributed by atoms with van der Waals surface area (Å²) in [5, 5.41) is 12.8. The molecule has 0 amide bonds. The molecular weight excluding hydrogens is 300 g/mol. The van der Waals surface area contributed by atoms with Crippen LogP contribution < -0.4 is 5.32 Å². The van der Waals surface area contributed by atoms with Crippen molar-refractivity contribution in [2.75, 3.05) is 45.9 Å². The van der Waals surface area contributed by atoms with E-state index in [0.717, 1.165) is 58.1 Å². The van der Waals surface area contributed by atoms with Crippen LogP contribution in [0.3, 0.4) is 0 Å². The van der Waals surface area contributed by atoms with Gasteiger partial charge >= 0.3 is 0 Å². The molecule has 0 aromatic heterocycles. The molecular formula is C19H36N4O. The quantitative estimate of drug-likeness (QED) is 0.404. The van der Waals surface area contributed by atoms with E-state index in [1.807, 2.05) is 0 Å². The van der Waals surface area contributed by atoms with Gasteiger partial charge in [0.1, 0.15) is 0 Å². The molecule has 2 atom stereocenters. The molecule has 0 aromatic carbocycles. The van der Waals surface area contributed by atoms with Gasteiger partial charge in [-0.1, -0.05) is 26.0 Å². The first-order valence-electron chi connectivity index (χ1n) is 9.67. The molecule has 0 radical (unpaired) electrons. The zero-order valence-corrected chi connectivity index (χ0v) is 15.7. The van der Waals surface area contributed by atoms with Gasteiger partial charge in [-0.2, -0.15) is 0 Å². The fourth-order valence-corrected chi connectivity index (χ4v) is 3.80. The van der Waals surface area contributed by atoms with Crippen molar-refractivity contribution in [1.29, 1.82) is 0 Å². The third-order valence-electron chi connectivity index (χ3n) is 5.00. The van der Waals surface area contributed by atoms with Gasteiger partial charge in [-0.05, 0) is 38.0 Å². The van der Waals surface area contributed by atoms with Crippen LogP contribution >= 0.6 is 0 Å². The zero-order chi connectivity index (χ0) is 17.4. The Balaban J connectivity index is 1.92. The van der Waals surface area contributed by atoms with Crippen LogP contribution in [0.5, 0.6) is 0 Å². The van der Waals surface area contributed by atoms with E-state index in [4.69, 9.17) is 4.99 Å². The van der Waals surface area contributed by atoms with Gasteiger partial charge in [-0.15, -0.1) is 0 Å². The first-order chi connectivity index (χ1) is 11.6. The molecule has 0 saturated carbocycles. The maximum Gasteiger partial charge on any atom is 0.193 e. The van der Waals surface area contributed by atoms with Crippen molar-refractivity contribution >= 4 is 5.96 Å². The molecule has 5 nitrogen and oxygen atoms in total. The summed E-state index contributed by atoms with van der Waals surface area (Å²) in [5.74, 6) is 2.18. The Morgan fingerprint density at radius 2 is 2.08 bits per heavy atom. The predicted octanol–water partition coefficient (Wildman–Crippen LogP) is 1.94. The lowest BCUT2D eigenvalue weighted by Gasteiger charge is -2.26. The zero-order valence-electron chi connectivity index (χ0n) is 15.7. The number of nitrogens with zero attached hydrogens (tertiary/aromatic N) is 3. The fourth-order valence-electron chi connectivity index (χ4n) is 3.80. The number of hydrogen-bond acceptors (Lipinski definition) is 3. The Labute approximate surface area is 147 Å². The van der Waals surface area contributed by atoms with Gasteiger partial charge < -0.3 is 15.3 Å². The number of aliphatic hydroxyl groups is 1. The van der Waals surface area contributed by atoms with Crippen LogP contribution in [0.15, 0.2) is 17.1 Å². The van der Waals surface area contributed by atoms with Crippen molar-refractivity contribution in [3.05, 3.63) is 12.2 Å². The molecule has 0 bridgehead atoms. The van der Waals surface area contributed by atoms with Gasteiger partial charge in [0.25, 0.3) is 0 Å². The number of rotatable bonds is 8. The highest BCUT2D eigenvalue weighted by Crippen LogP contribution is 2.19. The Bertz CT molecular complexity index is 414. The summed E-state index contributed by atoms with van der Waals surface area (Å²) in [6.45, 7) is 12.9. The van der Waals surface area contributed by atoms with E-state index in [0.29, 0.717) is 17.9 Å².